The van der Waals surface area contributed by atoms with Crippen molar-refractivity contribution in [2.24, 2.45) is 5.10 Å². The van der Waals surface area contributed by atoms with Crippen LogP contribution in [0, 0.1) is 0 Å². The molecule has 7 heteroatoms. The normalized spacial score (nSPS) is 11.1. The third kappa shape index (κ3) is 3.68. The summed E-state index contributed by atoms with van der Waals surface area (Å²) >= 11 is 5.05. The topological polar surface area (TPSA) is 55.7 Å². The lowest BCUT2D eigenvalue weighted by atomic mass is 10.2. The Kier molecular flexibility index (Phi) is 5.32. The van der Waals surface area contributed by atoms with Crippen LogP contribution in [0.4, 0.5) is 5.13 Å². The molecule has 0 radical (unpaired) electrons. The monoisotopic (exact) mass is 405 g/mol. The molecule has 1 N–H and O–H groups in total. The van der Waals surface area contributed by atoms with E-state index in [1.54, 1.807) is 24.7 Å². The summed E-state index contributed by atoms with van der Waals surface area (Å²) in [6.45, 7) is 2.50. The highest BCUT2D eigenvalue weighted by Gasteiger charge is 2.10. The molecule has 0 spiro atoms. The molecule has 0 unspecified atom stereocenters. The number of fused-ring (bicyclic) bond motifs is 1. The van der Waals surface area contributed by atoms with Crippen LogP contribution in [0.15, 0.2) is 46.0 Å². The molecule has 1 heterocycles. The summed E-state index contributed by atoms with van der Waals surface area (Å²) < 4.78 is 12.9. The Labute approximate surface area is 152 Å². The summed E-state index contributed by atoms with van der Waals surface area (Å²) in [5.74, 6) is 1.35. The van der Waals surface area contributed by atoms with Crippen LogP contribution in [-0.2, 0) is 0 Å². The molecular weight excluding hydrogens is 390 g/mol. The van der Waals surface area contributed by atoms with Gasteiger partial charge in [-0.15, -0.1) is 0 Å². The number of halogens is 1. The molecule has 0 aliphatic heterocycles. The Morgan fingerprint density at radius 3 is 2.92 bits per heavy atom. The number of nitrogens with zero attached hydrogens (tertiary/aromatic N) is 2. The fourth-order valence-electron chi connectivity index (χ4n) is 2.21. The van der Waals surface area contributed by atoms with Crippen molar-refractivity contribution >= 4 is 48.8 Å². The van der Waals surface area contributed by atoms with Crippen molar-refractivity contribution in [2.45, 2.75) is 6.92 Å². The second-order valence-electron chi connectivity index (χ2n) is 4.82. The van der Waals surface area contributed by atoms with Crippen molar-refractivity contribution in [1.29, 1.82) is 0 Å². The van der Waals surface area contributed by atoms with Gasteiger partial charge in [0, 0.05) is 0 Å². The molecule has 124 valence electrons. The predicted octanol–water partition coefficient (Wildman–Crippen LogP) is 4.91. The molecule has 0 saturated carbocycles. The molecule has 0 amide bonds. The molecule has 5 nitrogen and oxygen atoms in total. The highest BCUT2D eigenvalue weighted by atomic mass is 79.9. The lowest BCUT2D eigenvalue weighted by Crippen LogP contribution is -1.98. The summed E-state index contributed by atoms with van der Waals surface area (Å²) in [6, 6.07) is 11.8. The van der Waals surface area contributed by atoms with Crippen molar-refractivity contribution < 1.29 is 9.47 Å². The predicted molar refractivity (Wildman–Crippen MR) is 103 cm³/mol. The standard InChI is InChI=1S/C17H16BrN3O2S/c1-3-23-14-9-11(8-12(18)16(14)22-2)10-19-21-17-20-13-6-4-5-7-15(13)24-17/h4-10H,3H2,1-2H3,(H,20,21)/b19-10-. The number of aromatic nitrogens is 1. The van der Waals surface area contributed by atoms with Gasteiger partial charge in [0.05, 0.1) is 34.6 Å². The first-order valence-electron chi connectivity index (χ1n) is 7.36. The minimum absolute atomic E-state index is 0.563. The van der Waals surface area contributed by atoms with Crippen molar-refractivity contribution in [3.63, 3.8) is 0 Å². The summed E-state index contributed by atoms with van der Waals surface area (Å²) in [5.41, 5.74) is 4.82. The second-order valence-corrected chi connectivity index (χ2v) is 6.71. The fraction of sp³-hybridized carbons (Fsp3) is 0.176. The van der Waals surface area contributed by atoms with Gasteiger partial charge in [-0.05, 0) is 52.7 Å². The van der Waals surface area contributed by atoms with Gasteiger partial charge in [0.1, 0.15) is 0 Å². The van der Waals surface area contributed by atoms with E-state index in [2.05, 4.69) is 31.4 Å². The van der Waals surface area contributed by atoms with Gasteiger partial charge in [-0.1, -0.05) is 23.5 Å². The van der Waals surface area contributed by atoms with E-state index < -0.39 is 0 Å². The van der Waals surface area contributed by atoms with Gasteiger partial charge >= 0.3 is 0 Å². The number of anilines is 1. The van der Waals surface area contributed by atoms with Crippen molar-refractivity contribution in [3.8, 4) is 11.5 Å². The van der Waals surface area contributed by atoms with Crippen LogP contribution in [0.2, 0.25) is 0 Å². The molecule has 0 bridgehead atoms. The fourth-order valence-corrected chi connectivity index (χ4v) is 3.64. The van der Waals surface area contributed by atoms with Gasteiger partial charge in [-0.25, -0.2) is 4.98 Å². The maximum atomic E-state index is 5.61. The number of hydrogen-bond donors (Lipinski definition) is 1. The molecule has 0 aliphatic carbocycles. The summed E-state index contributed by atoms with van der Waals surface area (Å²) in [7, 11) is 1.62. The molecule has 3 aromatic rings. The van der Waals surface area contributed by atoms with E-state index in [0.29, 0.717) is 18.1 Å². The van der Waals surface area contributed by atoms with E-state index >= 15 is 0 Å². The zero-order valence-electron chi connectivity index (χ0n) is 13.2. The molecule has 24 heavy (non-hydrogen) atoms. The van der Waals surface area contributed by atoms with Crippen molar-refractivity contribution in [1.82, 2.24) is 4.98 Å². The smallest absolute Gasteiger partial charge is 0.204 e. The largest absolute Gasteiger partial charge is 0.492 e. The van der Waals surface area contributed by atoms with Crippen molar-refractivity contribution in [3.05, 3.63) is 46.4 Å². The van der Waals surface area contributed by atoms with E-state index in [0.717, 1.165) is 25.4 Å². The summed E-state index contributed by atoms with van der Waals surface area (Å²) in [6.07, 6.45) is 1.72. The number of para-hydroxylation sites is 1. The third-order valence-corrected chi connectivity index (χ3v) is 4.73. The number of benzene rings is 2. The Morgan fingerprint density at radius 1 is 1.33 bits per heavy atom. The SMILES string of the molecule is CCOc1cc(/C=N\Nc2nc3ccccc3s2)cc(Br)c1OC. The molecule has 2 aromatic carbocycles. The molecule has 0 saturated heterocycles. The average Bonchev–Trinajstić information content (AvgIpc) is 2.98. The van der Waals surface area contributed by atoms with E-state index in [1.807, 2.05) is 43.3 Å². The van der Waals surface area contributed by atoms with E-state index in [-0.39, 0.29) is 0 Å². The lowest BCUT2D eigenvalue weighted by Gasteiger charge is -2.11. The Morgan fingerprint density at radius 2 is 2.17 bits per heavy atom. The van der Waals surface area contributed by atoms with Gasteiger partial charge in [0.15, 0.2) is 11.5 Å². The quantitative estimate of drug-likeness (QED) is 0.467. The summed E-state index contributed by atoms with van der Waals surface area (Å²) in [5, 5.41) is 5.02. The summed E-state index contributed by atoms with van der Waals surface area (Å²) in [4.78, 5) is 4.48. The van der Waals surface area contributed by atoms with Crippen LogP contribution >= 0.6 is 27.3 Å². The van der Waals surface area contributed by atoms with Crippen LogP contribution in [0.5, 0.6) is 11.5 Å². The highest BCUT2D eigenvalue weighted by molar-refractivity contribution is 9.10. The number of methoxy groups -OCH3 is 1. The Balaban J connectivity index is 1.78. The Bertz CT molecular complexity index is 846. The number of nitrogens with one attached hydrogen (secondary N) is 1. The first kappa shape index (κ1) is 16.7. The highest BCUT2D eigenvalue weighted by Crippen LogP contribution is 2.36. The van der Waals surface area contributed by atoms with Gasteiger partial charge in [-0.3, -0.25) is 5.43 Å². The zero-order chi connectivity index (χ0) is 16.9. The van der Waals surface area contributed by atoms with E-state index in [1.165, 1.54) is 0 Å². The lowest BCUT2D eigenvalue weighted by molar-refractivity contribution is 0.310. The van der Waals surface area contributed by atoms with Crippen LogP contribution < -0.4 is 14.9 Å². The van der Waals surface area contributed by atoms with Crippen LogP contribution in [0.25, 0.3) is 10.2 Å². The van der Waals surface area contributed by atoms with Gasteiger partial charge < -0.3 is 9.47 Å². The van der Waals surface area contributed by atoms with Crippen LogP contribution in [0.3, 0.4) is 0 Å². The molecule has 0 atom stereocenters. The van der Waals surface area contributed by atoms with Gasteiger partial charge in [-0.2, -0.15) is 5.10 Å². The minimum Gasteiger partial charge on any atom is -0.492 e. The van der Waals surface area contributed by atoms with Crippen LogP contribution in [-0.4, -0.2) is 24.9 Å². The van der Waals surface area contributed by atoms with Gasteiger partial charge in [0.2, 0.25) is 5.13 Å². The minimum atomic E-state index is 0.563. The maximum Gasteiger partial charge on any atom is 0.204 e. The van der Waals surface area contributed by atoms with Crippen LogP contribution in [0.1, 0.15) is 12.5 Å². The number of thiazole rings is 1. The third-order valence-electron chi connectivity index (χ3n) is 3.20. The molecule has 0 aliphatic rings. The number of hydrazone groups is 1. The van der Waals surface area contributed by atoms with E-state index in [9.17, 15) is 0 Å². The average molecular weight is 406 g/mol. The second kappa shape index (κ2) is 7.63. The maximum absolute atomic E-state index is 5.61. The van der Waals surface area contributed by atoms with E-state index in [4.69, 9.17) is 9.47 Å². The number of ether oxygens (including phenoxy) is 2. The number of rotatable bonds is 6. The first-order valence-corrected chi connectivity index (χ1v) is 8.97. The molecule has 1 aromatic heterocycles. The zero-order valence-corrected chi connectivity index (χ0v) is 15.6. The molecule has 3 rings (SSSR count). The molecular formula is C17H16BrN3O2S. The van der Waals surface area contributed by atoms with Crippen molar-refractivity contribution in [2.75, 3.05) is 19.1 Å². The number of hydrogen-bond acceptors (Lipinski definition) is 6. The van der Waals surface area contributed by atoms with Gasteiger partial charge in [0.25, 0.3) is 0 Å². The first-order chi connectivity index (χ1) is 11.7. The molecule has 0 fully saturated rings. The Hall–Kier alpha value is -2.12.